The number of benzene rings is 2. The molecule has 1 fully saturated rings. The number of likely N-dealkylation sites (tertiary alicyclic amines) is 1. The highest BCUT2D eigenvalue weighted by atomic mass is 16.5. The van der Waals surface area contributed by atoms with Gasteiger partial charge in [-0.05, 0) is 48.2 Å². The molecule has 0 aliphatic carbocycles. The molecule has 1 aromatic heterocycles. The molecule has 1 atom stereocenters. The monoisotopic (exact) mass is 445 g/mol. The predicted molar refractivity (Wildman–Crippen MR) is 125 cm³/mol. The minimum absolute atomic E-state index is 0.0587. The molecule has 0 radical (unpaired) electrons. The summed E-state index contributed by atoms with van der Waals surface area (Å²) < 4.78 is 11.1. The Bertz CT molecular complexity index is 1160. The quantitative estimate of drug-likeness (QED) is 0.291. The minimum Gasteiger partial charge on any atom is -0.507 e. The third kappa shape index (κ3) is 4.55. The molecule has 4 rings (SSSR count). The number of amides is 1. The Balaban J connectivity index is 1.81. The van der Waals surface area contributed by atoms with Crippen molar-refractivity contribution in [2.24, 2.45) is 0 Å². The number of furan rings is 1. The van der Waals surface area contributed by atoms with Gasteiger partial charge >= 0.3 is 0 Å². The van der Waals surface area contributed by atoms with Crippen molar-refractivity contribution >= 4 is 17.4 Å². The number of ether oxygens (including phenoxy) is 1. The van der Waals surface area contributed by atoms with Crippen LogP contribution in [0.5, 0.6) is 5.75 Å². The molecule has 1 N–H and O–H groups in total. The summed E-state index contributed by atoms with van der Waals surface area (Å²) in [5.41, 5.74) is 2.37. The second-order valence-electron chi connectivity index (χ2n) is 7.98. The van der Waals surface area contributed by atoms with Crippen molar-refractivity contribution in [1.82, 2.24) is 4.90 Å². The Kier molecular flexibility index (Phi) is 6.63. The SMILES string of the molecule is CCCOc1cccc(C(O)=C2C(=O)C(=O)N(Cc3ccco3)C2c2ccc(CC)cc2)c1. The first-order chi connectivity index (χ1) is 16.0. The summed E-state index contributed by atoms with van der Waals surface area (Å²) in [7, 11) is 0. The van der Waals surface area contributed by atoms with Crippen molar-refractivity contribution in [3.63, 3.8) is 0 Å². The maximum absolute atomic E-state index is 13.2. The van der Waals surface area contributed by atoms with E-state index in [1.165, 1.54) is 11.2 Å². The number of aryl methyl sites for hydroxylation is 1. The first-order valence-electron chi connectivity index (χ1n) is 11.2. The second kappa shape index (κ2) is 9.77. The standard InChI is InChI=1S/C27H27NO5/c1-3-14-32-21-8-5-7-20(16-21)25(29)23-24(19-12-10-18(4-2)11-13-19)28(27(31)26(23)30)17-22-9-6-15-33-22/h5-13,15-16,24,29H,3-4,14,17H2,1-2H3. The molecule has 170 valence electrons. The molecule has 6 heteroatoms. The summed E-state index contributed by atoms with van der Waals surface area (Å²) >= 11 is 0. The molecule has 1 aliphatic heterocycles. The molecule has 2 aromatic carbocycles. The molecular formula is C27H27NO5. The van der Waals surface area contributed by atoms with Gasteiger partial charge in [0.25, 0.3) is 11.7 Å². The molecule has 6 nitrogen and oxygen atoms in total. The summed E-state index contributed by atoms with van der Waals surface area (Å²) in [6.07, 6.45) is 3.25. The van der Waals surface area contributed by atoms with Crippen molar-refractivity contribution in [1.29, 1.82) is 0 Å². The first kappa shape index (κ1) is 22.4. The summed E-state index contributed by atoms with van der Waals surface area (Å²) in [6, 6.07) is 17.4. The van der Waals surface area contributed by atoms with E-state index >= 15 is 0 Å². The van der Waals surface area contributed by atoms with Crippen LogP contribution < -0.4 is 4.74 Å². The van der Waals surface area contributed by atoms with Crippen LogP contribution in [0.2, 0.25) is 0 Å². The second-order valence-corrected chi connectivity index (χ2v) is 7.98. The number of aliphatic hydroxyl groups excluding tert-OH is 1. The van der Waals surface area contributed by atoms with Crippen LogP contribution >= 0.6 is 0 Å². The van der Waals surface area contributed by atoms with Crippen LogP contribution in [0.3, 0.4) is 0 Å². The number of Topliss-reactive ketones (excluding diaryl/α,β-unsaturated/α-hetero) is 1. The van der Waals surface area contributed by atoms with Gasteiger partial charge in [0.15, 0.2) is 0 Å². The van der Waals surface area contributed by atoms with E-state index in [-0.39, 0.29) is 17.9 Å². The maximum atomic E-state index is 13.2. The fraction of sp³-hybridized carbons (Fsp3) is 0.259. The number of nitrogens with zero attached hydrogens (tertiary/aromatic N) is 1. The molecule has 33 heavy (non-hydrogen) atoms. The van der Waals surface area contributed by atoms with Gasteiger partial charge in [0.05, 0.1) is 31.0 Å². The molecule has 2 heterocycles. The highest BCUT2D eigenvalue weighted by molar-refractivity contribution is 6.46. The third-order valence-electron chi connectivity index (χ3n) is 5.73. The summed E-state index contributed by atoms with van der Waals surface area (Å²) in [4.78, 5) is 27.7. The van der Waals surface area contributed by atoms with E-state index in [9.17, 15) is 14.7 Å². The number of carbonyl (C=O) groups is 2. The van der Waals surface area contributed by atoms with Crippen LogP contribution in [-0.4, -0.2) is 28.3 Å². The predicted octanol–water partition coefficient (Wildman–Crippen LogP) is 5.25. The van der Waals surface area contributed by atoms with E-state index in [1.54, 1.807) is 36.4 Å². The van der Waals surface area contributed by atoms with Crippen molar-refractivity contribution in [3.8, 4) is 5.75 Å². The molecule has 1 unspecified atom stereocenters. The van der Waals surface area contributed by atoms with E-state index in [2.05, 4.69) is 6.92 Å². The molecular weight excluding hydrogens is 418 g/mol. The first-order valence-corrected chi connectivity index (χ1v) is 11.2. The topological polar surface area (TPSA) is 80.0 Å². The minimum atomic E-state index is -0.735. The van der Waals surface area contributed by atoms with Crippen LogP contribution in [0.4, 0.5) is 0 Å². The van der Waals surface area contributed by atoms with E-state index in [0.29, 0.717) is 23.7 Å². The van der Waals surface area contributed by atoms with Gasteiger partial charge in [0, 0.05) is 5.56 Å². The van der Waals surface area contributed by atoms with E-state index in [4.69, 9.17) is 9.15 Å². The molecule has 1 amide bonds. The Labute approximate surface area is 193 Å². The summed E-state index contributed by atoms with van der Waals surface area (Å²) in [5.74, 6) is -0.460. The lowest BCUT2D eigenvalue weighted by molar-refractivity contribution is -0.140. The fourth-order valence-electron chi connectivity index (χ4n) is 4.00. The van der Waals surface area contributed by atoms with Crippen molar-refractivity contribution in [3.05, 3.63) is 95.0 Å². The lowest BCUT2D eigenvalue weighted by Crippen LogP contribution is -2.29. The van der Waals surface area contributed by atoms with Crippen molar-refractivity contribution in [2.45, 2.75) is 39.3 Å². The Morgan fingerprint density at radius 1 is 1.06 bits per heavy atom. The Morgan fingerprint density at radius 3 is 2.52 bits per heavy atom. The number of rotatable bonds is 8. The number of hydrogen-bond acceptors (Lipinski definition) is 5. The zero-order valence-electron chi connectivity index (χ0n) is 18.8. The van der Waals surface area contributed by atoms with E-state index in [1.807, 2.05) is 31.2 Å². The van der Waals surface area contributed by atoms with Crippen molar-refractivity contribution < 1.29 is 23.8 Å². The maximum Gasteiger partial charge on any atom is 0.296 e. The zero-order chi connectivity index (χ0) is 23.4. The average molecular weight is 446 g/mol. The van der Waals surface area contributed by atoms with Gasteiger partial charge in [-0.1, -0.05) is 50.2 Å². The van der Waals surface area contributed by atoms with Gasteiger partial charge in [-0.2, -0.15) is 0 Å². The van der Waals surface area contributed by atoms with Crippen LogP contribution in [0.1, 0.15) is 48.8 Å². The largest absolute Gasteiger partial charge is 0.507 e. The highest BCUT2D eigenvalue weighted by Crippen LogP contribution is 2.40. The number of carbonyl (C=O) groups excluding carboxylic acids is 2. The number of hydrogen-bond donors (Lipinski definition) is 1. The van der Waals surface area contributed by atoms with Crippen LogP contribution in [0.25, 0.3) is 5.76 Å². The summed E-state index contributed by atoms with van der Waals surface area (Å²) in [6.45, 7) is 4.73. The summed E-state index contributed by atoms with van der Waals surface area (Å²) in [5, 5.41) is 11.2. The Hall–Kier alpha value is -3.80. The van der Waals surface area contributed by atoms with Gasteiger partial charge in [0.1, 0.15) is 17.3 Å². The fourth-order valence-corrected chi connectivity index (χ4v) is 4.00. The molecule has 0 spiro atoms. The lowest BCUT2D eigenvalue weighted by atomic mass is 9.94. The van der Waals surface area contributed by atoms with Gasteiger partial charge in [-0.25, -0.2) is 0 Å². The van der Waals surface area contributed by atoms with Gasteiger partial charge in [-0.3, -0.25) is 9.59 Å². The van der Waals surface area contributed by atoms with Gasteiger partial charge in [0.2, 0.25) is 0 Å². The van der Waals surface area contributed by atoms with E-state index in [0.717, 1.165) is 24.0 Å². The van der Waals surface area contributed by atoms with Gasteiger partial charge < -0.3 is 19.2 Å². The van der Waals surface area contributed by atoms with Crippen LogP contribution in [0.15, 0.2) is 76.9 Å². The molecule has 0 bridgehead atoms. The zero-order valence-corrected chi connectivity index (χ0v) is 18.8. The number of ketones is 1. The normalized spacial score (nSPS) is 17.5. The molecule has 1 aliphatic rings. The Morgan fingerprint density at radius 2 is 1.85 bits per heavy atom. The lowest BCUT2D eigenvalue weighted by Gasteiger charge is -2.24. The highest BCUT2D eigenvalue weighted by Gasteiger charge is 2.46. The van der Waals surface area contributed by atoms with Crippen LogP contribution in [0, 0.1) is 0 Å². The smallest absolute Gasteiger partial charge is 0.296 e. The molecule has 0 saturated carbocycles. The van der Waals surface area contributed by atoms with Gasteiger partial charge in [-0.15, -0.1) is 0 Å². The number of aliphatic hydroxyl groups is 1. The molecule has 1 saturated heterocycles. The van der Waals surface area contributed by atoms with Crippen molar-refractivity contribution in [2.75, 3.05) is 6.61 Å². The third-order valence-corrected chi connectivity index (χ3v) is 5.73. The van der Waals surface area contributed by atoms with Crippen LogP contribution in [-0.2, 0) is 22.6 Å². The molecule has 3 aromatic rings. The van der Waals surface area contributed by atoms with E-state index < -0.39 is 17.7 Å². The average Bonchev–Trinajstić information content (AvgIpc) is 3.45.